The molecule has 2 aromatic rings. The summed E-state index contributed by atoms with van der Waals surface area (Å²) in [6.45, 7) is 0.448. The van der Waals surface area contributed by atoms with Gasteiger partial charge in [-0.05, 0) is 29.8 Å². The molecule has 0 spiro atoms. The molecule has 1 heterocycles. The molecule has 1 aliphatic heterocycles. The van der Waals surface area contributed by atoms with Crippen LogP contribution in [0.3, 0.4) is 0 Å². The lowest BCUT2D eigenvalue weighted by atomic mass is 10.0. The van der Waals surface area contributed by atoms with Crippen molar-refractivity contribution in [1.29, 1.82) is 0 Å². The summed E-state index contributed by atoms with van der Waals surface area (Å²) in [7, 11) is 1.57. The first-order chi connectivity index (χ1) is 11.6. The zero-order valence-electron chi connectivity index (χ0n) is 12.7. The van der Waals surface area contributed by atoms with E-state index in [2.05, 4.69) is 10.0 Å². The number of rotatable bonds is 4. The van der Waals surface area contributed by atoms with Crippen LogP contribution in [0.25, 0.3) is 21.6 Å². The molecule has 24 heavy (non-hydrogen) atoms. The zero-order valence-corrected chi connectivity index (χ0v) is 14.2. The van der Waals surface area contributed by atoms with Crippen molar-refractivity contribution < 1.29 is 14.2 Å². The van der Waals surface area contributed by atoms with Crippen LogP contribution in [0.5, 0.6) is 17.2 Å². The molecule has 0 aliphatic carbocycles. The van der Waals surface area contributed by atoms with E-state index in [0.29, 0.717) is 32.9 Å². The molecule has 0 saturated heterocycles. The van der Waals surface area contributed by atoms with Crippen LogP contribution >= 0.6 is 23.2 Å². The first-order valence-electron chi connectivity index (χ1n) is 7.10. The molecule has 0 saturated carbocycles. The van der Waals surface area contributed by atoms with Gasteiger partial charge in [0, 0.05) is 32.2 Å². The molecule has 0 unspecified atom stereocenters. The second-order valence-corrected chi connectivity index (χ2v) is 5.96. The predicted molar refractivity (Wildman–Crippen MR) is 92.4 cm³/mol. The summed E-state index contributed by atoms with van der Waals surface area (Å²) in [5, 5.41) is 4.60. The van der Waals surface area contributed by atoms with Crippen LogP contribution < -0.4 is 14.2 Å². The van der Waals surface area contributed by atoms with Gasteiger partial charge in [-0.3, -0.25) is 0 Å². The Balaban J connectivity index is 2.11. The van der Waals surface area contributed by atoms with E-state index in [1.54, 1.807) is 37.4 Å². The van der Waals surface area contributed by atoms with Gasteiger partial charge in [-0.1, -0.05) is 28.3 Å². The summed E-state index contributed by atoms with van der Waals surface area (Å²) < 4.78 is 17.1. The molecule has 0 fully saturated rings. The third-order valence-corrected chi connectivity index (χ3v) is 3.98. The average Bonchev–Trinajstić information content (AvgIpc) is 2.59. The van der Waals surface area contributed by atoms with E-state index in [-0.39, 0.29) is 19.3 Å². The van der Waals surface area contributed by atoms with Crippen molar-refractivity contribution in [2.75, 3.05) is 20.3 Å². The standard InChI is InChI=1S/C16H13Cl2N3O3/c1-22-14-3-2-9(17)4-12(14)13-5-10(18)6-15-16(13)24-11(8-23-15)7-20-21-19/h2-6,11H,7-8H2,1H3/t11-/m0/s1. The number of hydrogen-bond donors (Lipinski definition) is 0. The Morgan fingerprint density at radius 2 is 2.04 bits per heavy atom. The summed E-state index contributed by atoms with van der Waals surface area (Å²) >= 11 is 12.3. The van der Waals surface area contributed by atoms with Gasteiger partial charge in [0.2, 0.25) is 0 Å². The van der Waals surface area contributed by atoms with Gasteiger partial charge >= 0.3 is 0 Å². The van der Waals surface area contributed by atoms with Gasteiger partial charge < -0.3 is 14.2 Å². The number of ether oxygens (including phenoxy) is 3. The second-order valence-electron chi connectivity index (χ2n) is 5.09. The number of nitrogens with zero attached hydrogens (tertiary/aromatic N) is 3. The fourth-order valence-corrected chi connectivity index (χ4v) is 2.87. The summed E-state index contributed by atoms with van der Waals surface area (Å²) in [6.07, 6.45) is -0.376. The number of methoxy groups -OCH3 is 1. The Morgan fingerprint density at radius 3 is 2.79 bits per heavy atom. The number of hydrogen-bond acceptors (Lipinski definition) is 4. The molecular weight excluding hydrogens is 353 g/mol. The first kappa shape index (κ1) is 16.6. The van der Waals surface area contributed by atoms with Crippen LogP contribution in [0, 0.1) is 0 Å². The van der Waals surface area contributed by atoms with E-state index < -0.39 is 0 Å². The summed E-state index contributed by atoms with van der Waals surface area (Å²) in [4.78, 5) is 2.75. The van der Waals surface area contributed by atoms with Crippen LogP contribution in [0.15, 0.2) is 35.4 Å². The maximum absolute atomic E-state index is 8.47. The van der Waals surface area contributed by atoms with Crippen molar-refractivity contribution in [2.45, 2.75) is 6.10 Å². The molecule has 0 radical (unpaired) electrons. The minimum Gasteiger partial charge on any atom is -0.496 e. The third kappa shape index (κ3) is 3.31. The topological polar surface area (TPSA) is 76.5 Å². The van der Waals surface area contributed by atoms with Crippen LogP contribution in [-0.4, -0.2) is 26.4 Å². The number of fused-ring (bicyclic) bond motifs is 1. The van der Waals surface area contributed by atoms with Gasteiger partial charge in [-0.2, -0.15) is 0 Å². The normalized spacial score (nSPS) is 15.5. The lowest BCUT2D eigenvalue weighted by Gasteiger charge is -2.28. The minimum absolute atomic E-state index is 0.171. The molecule has 0 amide bonds. The molecular formula is C16H13Cl2N3O3. The Hall–Kier alpha value is -2.27. The highest BCUT2D eigenvalue weighted by Gasteiger charge is 2.26. The fourth-order valence-electron chi connectivity index (χ4n) is 2.49. The number of benzene rings is 2. The lowest BCUT2D eigenvalue weighted by Crippen LogP contribution is -2.31. The highest BCUT2D eigenvalue weighted by Crippen LogP contribution is 2.46. The van der Waals surface area contributed by atoms with Gasteiger partial charge in [0.1, 0.15) is 18.5 Å². The molecule has 1 aliphatic rings. The van der Waals surface area contributed by atoms with Gasteiger partial charge in [0.05, 0.1) is 13.7 Å². The molecule has 6 nitrogen and oxygen atoms in total. The van der Waals surface area contributed by atoms with Gasteiger partial charge in [0.25, 0.3) is 0 Å². The van der Waals surface area contributed by atoms with E-state index in [0.717, 1.165) is 5.56 Å². The smallest absolute Gasteiger partial charge is 0.169 e. The van der Waals surface area contributed by atoms with Crippen molar-refractivity contribution in [3.05, 3.63) is 50.8 Å². The molecule has 0 N–H and O–H groups in total. The van der Waals surface area contributed by atoms with Crippen molar-refractivity contribution in [3.8, 4) is 28.4 Å². The molecule has 1 atom stereocenters. The van der Waals surface area contributed by atoms with Gasteiger partial charge in [-0.15, -0.1) is 0 Å². The fraction of sp³-hybridized carbons (Fsp3) is 0.250. The summed E-state index contributed by atoms with van der Waals surface area (Å²) in [5.74, 6) is 1.67. The predicted octanol–water partition coefficient (Wildman–Crippen LogP) is 5.12. The quantitative estimate of drug-likeness (QED) is 0.428. The number of azide groups is 1. The van der Waals surface area contributed by atoms with Crippen LogP contribution in [0.4, 0.5) is 0 Å². The molecule has 0 bridgehead atoms. The maximum Gasteiger partial charge on any atom is 0.169 e. The van der Waals surface area contributed by atoms with Gasteiger partial charge in [0.15, 0.2) is 11.5 Å². The van der Waals surface area contributed by atoms with E-state index in [9.17, 15) is 0 Å². The van der Waals surface area contributed by atoms with E-state index in [1.807, 2.05) is 0 Å². The molecule has 2 aromatic carbocycles. The molecule has 124 valence electrons. The van der Waals surface area contributed by atoms with E-state index in [4.69, 9.17) is 42.9 Å². The van der Waals surface area contributed by atoms with E-state index in [1.165, 1.54) is 0 Å². The molecule has 8 heteroatoms. The Kier molecular flexibility index (Phi) is 4.90. The van der Waals surface area contributed by atoms with Crippen LogP contribution in [-0.2, 0) is 0 Å². The van der Waals surface area contributed by atoms with Crippen molar-refractivity contribution in [2.24, 2.45) is 5.11 Å². The second kappa shape index (κ2) is 7.09. The van der Waals surface area contributed by atoms with Crippen molar-refractivity contribution in [3.63, 3.8) is 0 Å². The minimum atomic E-state index is -0.376. The largest absolute Gasteiger partial charge is 0.496 e. The summed E-state index contributed by atoms with van der Waals surface area (Å²) in [6, 6.07) is 8.72. The lowest BCUT2D eigenvalue weighted by molar-refractivity contribution is 0.0977. The monoisotopic (exact) mass is 365 g/mol. The highest BCUT2D eigenvalue weighted by molar-refractivity contribution is 6.31. The first-order valence-corrected chi connectivity index (χ1v) is 7.85. The number of halogens is 2. The van der Waals surface area contributed by atoms with Crippen molar-refractivity contribution in [1.82, 2.24) is 0 Å². The van der Waals surface area contributed by atoms with Crippen LogP contribution in [0.2, 0.25) is 10.0 Å². The summed E-state index contributed by atoms with van der Waals surface area (Å²) in [5.41, 5.74) is 9.90. The Bertz CT molecular complexity index is 822. The maximum atomic E-state index is 8.47. The van der Waals surface area contributed by atoms with E-state index >= 15 is 0 Å². The average molecular weight is 366 g/mol. The Morgan fingerprint density at radius 1 is 1.25 bits per heavy atom. The zero-order chi connectivity index (χ0) is 17.1. The molecule has 3 rings (SSSR count). The van der Waals surface area contributed by atoms with Crippen molar-refractivity contribution >= 4 is 23.2 Å². The molecule has 0 aromatic heterocycles. The SMILES string of the molecule is COc1ccc(Cl)cc1-c1cc(Cl)cc2c1O[C@@H](CN=[N+]=[N-])CO2. The van der Waals surface area contributed by atoms with Crippen LogP contribution in [0.1, 0.15) is 0 Å². The Labute approximate surface area is 148 Å². The highest BCUT2D eigenvalue weighted by atomic mass is 35.5. The third-order valence-electron chi connectivity index (χ3n) is 3.53. The van der Waals surface area contributed by atoms with Gasteiger partial charge in [-0.25, -0.2) is 0 Å².